The van der Waals surface area contributed by atoms with Crippen molar-refractivity contribution in [1.29, 1.82) is 5.26 Å². The third-order valence-electron chi connectivity index (χ3n) is 6.26. The van der Waals surface area contributed by atoms with Crippen LogP contribution in [-0.2, 0) is 22.4 Å². The number of nitrogens with one attached hydrogen (secondary N) is 1. The summed E-state index contributed by atoms with van der Waals surface area (Å²) in [7, 11) is 0. The second kappa shape index (κ2) is 14.6. The molecule has 39 heavy (non-hydrogen) atoms. The van der Waals surface area contributed by atoms with Crippen molar-refractivity contribution in [3.05, 3.63) is 53.1 Å². The summed E-state index contributed by atoms with van der Waals surface area (Å²) in [6, 6.07) is 12.8. The lowest BCUT2D eigenvalue weighted by atomic mass is 9.99. The minimum atomic E-state index is -4.42. The van der Waals surface area contributed by atoms with Crippen LogP contribution in [0.3, 0.4) is 0 Å². The first kappa shape index (κ1) is 30.1. The van der Waals surface area contributed by atoms with Crippen LogP contribution in [0.25, 0.3) is 0 Å². The van der Waals surface area contributed by atoms with E-state index in [0.717, 1.165) is 42.7 Å². The molecule has 1 N–H and O–H groups in total. The summed E-state index contributed by atoms with van der Waals surface area (Å²) in [6.45, 7) is 5.28. The molecule has 0 fully saturated rings. The summed E-state index contributed by atoms with van der Waals surface area (Å²) in [4.78, 5) is 13.7. The Morgan fingerprint density at radius 2 is 1.92 bits per heavy atom. The number of benzene rings is 2. The molecule has 0 amide bonds. The first-order chi connectivity index (χ1) is 18.7. The van der Waals surface area contributed by atoms with Gasteiger partial charge in [0.2, 0.25) is 0 Å². The van der Waals surface area contributed by atoms with Crippen molar-refractivity contribution in [3.8, 4) is 17.6 Å². The molecule has 0 saturated carbocycles. The Labute approximate surface area is 227 Å². The summed E-state index contributed by atoms with van der Waals surface area (Å²) >= 11 is 0. The second-order valence-corrected chi connectivity index (χ2v) is 9.58. The lowest BCUT2D eigenvalue weighted by molar-refractivity contribution is -0.153. The maximum atomic E-state index is 12.5. The standard InChI is InChI=1S/C29H36F3N3O4/c1-3-7-27(36)38-14-6-12-35-13-10-23-17-22(18-24(19-33)28(23)35)16-21(2)34-11-15-37-25-8-4-5-9-26(25)39-20-29(30,31)32/h4-5,8-9,17-18,21,34H,3,6-7,10-16,20H2,1-2H3/t21-/m1/s1. The molecule has 1 aliphatic heterocycles. The van der Waals surface area contributed by atoms with E-state index in [9.17, 15) is 23.2 Å². The highest BCUT2D eigenvalue weighted by molar-refractivity contribution is 5.69. The Hall–Kier alpha value is -3.45. The maximum Gasteiger partial charge on any atom is 0.422 e. The number of esters is 1. The molecular formula is C29H36F3N3O4. The average Bonchev–Trinajstić information content (AvgIpc) is 3.30. The fourth-order valence-electron chi connectivity index (χ4n) is 4.58. The molecule has 2 aromatic carbocycles. The number of carbonyl (C=O) groups excluding carboxylic acids is 1. The smallest absolute Gasteiger partial charge is 0.422 e. The second-order valence-electron chi connectivity index (χ2n) is 9.58. The number of alkyl halides is 3. The van der Waals surface area contributed by atoms with Gasteiger partial charge in [-0.05, 0) is 61.9 Å². The fourth-order valence-corrected chi connectivity index (χ4v) is 4.58. The van der Waals surface area contributed by atoms with Crippen LogP contribution in [0, 0.1) is 11.3 Å². The van der Waals surface area contributed by atoms with Gasteiger partial charge in [0, 0.05) is 32.1 Å². The van der Waals surface area contributed by atoms with E-state index in [1.54, 1.807) is 18.2 Å². The summed E-state index contributed by atoms with van der Waals surface area (Å²) in [6.07, 6.45) is -0.937. The van der Waals surface area contributed by atoms with Gasteiger partial charge in [0.15, 0.2) is 18.1 Å². The SMILES string of the molecule is CCCC(=O)OCCCN1CCc2cc(C[C@@H](C)NCCOc3ccccc3OCC(F)(F)F)cc(C#N)c21. The fraction of sp³-hybridized carbons (Fsp3) is 0.517. The highest BCUT2D eigenvalue weighted by Gasteiger charge is 2.29. The number of carbonyl (C=O) groups is 1. The molecule has 0 aliphatic carbocycles. The Kier molecular flexibility index (Phi) is 11.3. The van der Waals surface area contributed by atoms with Gasteiger partial charge in [0.1, 0.15) is 12.7 Å². The van der Waals surface area contributed by atoms with Crippen LogP contribution in [0.5, 0.6) is 11.5 Å². The van der Waals surface area contributed by atoms with Gasteiger partial charge in [-0.25, -0.2) is 0 Å². The lowest BCUT2D eigenvalue weighted by Crippen LogP contribution is -2.32. The summed E-state index contributed by atoms with van der Waals surface area (Å²) in [5.74, 6) is 0.143. The monoisotopic (exact) mass is 547 g/mol. The van der Waals surface area contributed by atoms with Gasteiger partial charge in [-0.1, -0.05) is 25.1 Å². The van der Waals surface area contributed by atoms with Gasteiger partial charge in [-0.3, -0.25) is 4.79 Å². The van der Waals surface area contributed by atoms with Crippen molar-refractivity contribution < 1.29 is 32.2 Å². The molecule has 0 aromatic heterocycles. The number of nitriles is 1. The molecule has 7 nitrogen and oxygen atoms in total. The molecule has 1 heterocycles. The number of nitrogens with zero attached hydrogens (tertiary/aromatic N) is 2. The quantitative estimate of drug-likeness (QED) is 0.243. The van der Waals surface area contributed by atoms with Crippen LogP contribution in [0.2, 0.25) is 0 Å². The van der Waals surface area contributed by atoms with Gasteiger partial charge in [0.05, 0.1) is 17.9 Å². The zero-order valence-electron chi connectivity index (χ0n) is 22.5. The molecule has 212 valence electrons. The molecule has 0 bridgehead atoms. The van der Waals surface area contributed by atoms with Crippen LogP contribution in [0.1, 0.15) is 49.8 Å². The third kappa shape index (κ3) is 9.66. The molecule has 0 spiro atoms. The van der Waals surface area contributed by atoms with Crippen molar-refractivity contribution in [1.82, 2.24) is 5.32 Å². The van der Waals surface area contributed by atoms with E-state index in [1.165, 1.54) is 6.07 Å². The first-order valence-corrected chi connectivity index (χ1v) is 13.3. The van der Waals surface area contributed by atoms with Crippen LogP contribution in [-0.4, -0.2) is 57.6 Å². The molecule has 3 rings (SSSR count). The van der Waals surface area contributed by atoms with Crippen LogP contribution in [0.15, 0.2) is 36.4 Å². The van der Waals surface area contributed by atoms with Crippen molar-refractivity contribution in [3.63, 3.8) is 0 Å². The number of hydrogen-bond donors (Lipinski definition) is 1. The van der Waals surface area contributed by atoms with Crippen molar-refractivity contribution in [2.24, 2.45) is 0 Å². The van der Waals surface area contributed by atoms with Gasteiger partial charge in [-0.15, -0.1) is 0 Å². The molecule has 0 unspecified atom stereocenters. The number of ether oxygens (including phenoxy) is 3. The summed E-state index contributed by atoms with van der Waals surface area (Å²) in [5.41, 5.74) is 3.83. The summed E-state index contributed by atoms with van der Waals surface area (Å²) in [5, 5.41) is 13.2. The number of halogens is 3. The van der Waals surface area contributed by atoms with Gasteiger partial charge in [-0.2, -0.15) is 18.4 Å². The molecule has 2 aromatic rings. The topological polar surface area (TPSA) is 83.8 Å². The molecule has 0 saturated heterocycles. The predicted octanol–water partition coefficient (Wildman–Crippen LogP) is 5.19. The Bertz CT molecular complexity index is 1130. The van der Waals surface area contributed by atoms with Crippen molar-refractivity contribution in [2.75, 3.05) is 44.4 Å². The highest BCUT2D eigenvalue weighted by atomic mass is 19.4. The van der Waals surface area contributed by atoms with E-state index >= 15 is 0 Å². The molecule has 0 radical (unpaired) electrons. The highest BCUT2D eigenvalue weighted by Crippen LogP contribution is 2.33. The molecule has 1 aliphatic rings. The number of rotatable bonds is 15. The first-order valence-electron chi connectivity index (χ1n) is 13.3. The normalized spacial score (nSPS) is 13.5. The number of anilines is 1. The minimum Gasteiger partial charge on any atom is -0.488 e. The van der Waals surface area contributed by atoms with E-state index in [4.69, 9.17) is 14.2 Å². The third-order valence-corrected chi connectivity index (χ3v) is 6.26. The van der Waals surface area contributed by atoms with Crippen LogP contribution < -0.4 is 19.7 Å². The zero-order chi connectivity index (χ0) is 28.3. The van der Waals surface area contributed by atoms with Crippen molar-refractivity contribution >= 4 is 11.7 Å². The number of para-hydroxylation sites is 2. The average molecular weight is 548 g/mol. The minimum absolute atomic E-state index is 0.0524. The lowest BCUT2D eigenvalue weighted by Gasteiger charge is -2.21. The Morgan fingerprint density at radius 1 is 1.18 bits per heavy atom. The van der Waals surface area contributed by atoms with Crippen LogP contribution >= 0.6 is 0 Å². The number of hydrogen-bond acceptors (Lipinski definition) is 7. The maximum absolute atomic E-state index is 12.5. The predicted molar refractivity (Wildman–Crippen MR) is 142 cm³/mol. The zero-order valence-corrected chi connectivity index (χ0v) is 22.5. The summed E-state index contributed by atoms with van der Waals surface area (Å²) < 4.78 is 53.2. The van der Waals surface area contributed by atoms with E-state index < -0.39 is 12.8 Å². The van der Waals surface area contributed by atoms with E-state index in [1.807, 2.05) is 19.9 Å². The molecule has 10 heteroatoms. The Morgan fingerprint density at radius 3 is 2.62 bits per heavy atom. The van der Waals surface area contributed by atoms with E-state index in [0.29, 0.717) is 38.0 Å². The van der Waals surface area contributed by atoms with E-state index in [-0.39, 0.29) is 30.1 Å². The van der Waals surface area contributed by atoms with Gasteiger partial charge < -0.3 is 24.4 Å². The van der Waals surface area contributed by atoms with E-state index in [2.05, 4.69) is 22.4 Å². The largest absolute Gasteiger partial charge is 0.488 e. The molecular weight excluding hydrogens is 511 g/mol. The van der Waals surface area contributed by atoms with Gasteiger partial charge in [0.25, 0.3) is 0 Å². The Balaban J connectivity index is 1.47. The van der Waals surface area contributed by atoms with Crippen molar-refractivity contribution in [2.45, 2.75) is 58.2 Å². The molecule has 1 atom stereocenters. The van der Waals surface area contributed by atoms with Gasteiger partial charge >= 0.3 is 12.1 Å². The van der Waals surface area contributed by atoms with Crippen LogP contribution in [0.4, 0.5) is 18.9 Å². The number of fused-ring (bicyclic) bond motifs is 1.